The van der Waals surface area contributed by atoms with Gasteiger partial charge in [-0.1, -0.05) is 57.5 Å². The van der Waals surface area contributed by atoms with E-state index in [0.29, 0.717) is 5.67 Å². The highest BCUT2D eigenvalue weighted by Crippen LogP contribution is 2.39. The molecular weight excluding hydrogens is 290 g/mol. The fourth-order valence-corrected chi connectivity index (χ4v) is 6.03. The van der Waals surface area contributed by atoms with Gasteiger partial charge in [0.15, 0.2) is 0 Å². The van der Waals surface area contributed by atoms with Crippen LogP contribution in [0.4, 0.5) is 5.69 Å². The second-order valence-corrected chi connectivity index (χ2v) is 19.1. The number of azo groups is 1. The standard InChI is InChI=1S/C16H29N3Si2/c1-20(2,3)15-12-16(19-18-15,21(4,5)6)13-17-14-10-8-7-9-11-14/h7-11,15,17H,12-13H2,1-6H3. The monoisotopic (exact) mass is 319 g/mol. The van der Waals surface area contributed by atoms with Gasteiger partial charge in [0, 0.05) is 12.2 Å². The molecule has 1 N–H and O–H groups in total. The molecule has 0 radical (unpaired) electrons. The zero-order valence-electron chi connectivity index (χ0n) is 14.3. The van der Waals surface area contributed by atoms with E-state index in [9.17, 15) is 0 Å². The Balaban J connectivity index is 2.16. The maximum Gasteiger partial charge on any atom is 0.0903 e. The third-order valence-corrected chi connectivity index (χ3v) is 10.3. The van der Waals surface area contributed by atoms with Crippen LogP contribution in [-0.4, -0.2) is 33.5 Å². The Morgan fingerprint density at radius 3 is 2.19 bits per heavy atom. The molecule has 0 bridgehead atoms. The molecule has 2 rings (SSSR count). The minimum Gasteiger partial charge on any atom is -0.383 e. The maximum atomic E-state index is 4.86. The third kappa shape index (κ3) is 3.63. The largest absolute Gasteiger partial charge is 0.383 e. The average Bonchev–Trinajstić information content (AvgIpc) is 2.83. The zero-order valence-corrected chi connectivity index (χ0v) is 16.3. The molecule has 116 valence electrons. The van der Waals surface area contributed by atoms with Gasteiger partial charge in [0.25, 0.3) is 0 Å². The fraction of sp³-hybridized carbons (Fsp3) is 0.625. The number of hydrogen-bond donors (Lipinski definition) is 1. The van der Waals surface area contributed by atoms with E-state index in [0.717, 1.165) is 13.0 Å². The van der Waals surface area contributed by atoms with E-state index in [4.69, 9.17) is 10.2 Å². The summed E-state index contributed by atoms with van der Waals surface area (Å²) in [5.74, 6) is 0. The molecule has 1 aliphatic rings. The molecule has 2 atom stereocenters. The maximum absolute atomic E-state index is 4.86. The number of rotatable bonds is 5. The second-order valence-electron chi connectivity index (χ2n) is 8.30. The molecule has 0 fully saturated rings. The molecule has 0 aliphatic carbocycles. The van der Waals surface area contributed by atoms with Gasteiger partial charge in [0.2, 0.25) is 0 Å². The lowest BCUT2D eigenvalue weighted by molar-refractivity contribution is 0.595. The van der Waals surface area contributed by atoms with Crippen LogP contribution >= 0.6 is 0 Å². The molecule has 2 unspecified atom stereocenters. The Hall–Kier alpha value is -0.946. The van der Waals surface area contributed by atoms with Gasteiger partial charge >= 0.3 is 0 Å². The van der Waals surface area contributed by atoms with Gasteiger partial charge in [-0.25, -0.2) is 0 Å². The number of para-hydroxylation sites is 1. The minimum absolute atomic E-state index is 0.0355. The van der Waals surface area contributed by atoms with Crippen molar-refractivity contribution < 1.29 is 0 Å². The lowest BCUT2D eigenvalue weighted by Crippen LogP contribution is -2.56. The van der Waals surface area contributed by atoms with Gasteiger partial charge in [-0.05, 0) is 18.6 Å². The van der Waals surface area contributed by atoms with Crippen LogP contribution in [-0.2, 0) is 0 Å². The zero-order chi connectivity index (χ0) is 15.7. The Bertz CT molecular complexity index is 502. The van der Waals surface area contributed by atoms with Crippen LogP contribution in [0.25, 0.3) is 0 Å². The summed E-state index contributed by atoms with van der Waals surface area (Å²) in [4.78, 5) is 0. The van der Waals surface area contributed by atoms with Crippen LogP contribution in [0, 0.1) is 0 Å². The van der Waals surface area contributed by atoms with Crippen molar-refractivity contribution in [3.05, 3.63) is 30.3 Å². The SMILES string of the molecule is C[Si](C)(C)C1CC(CNc2ccccc2)([Si](C)(C)C)N=N1. The van der Waals surface area contributed by atoms with Crippen LogP contribution in [0.2, 0.25) is 39.3 Å². The number of benzene rings is 1. The Morgan fingerprint density at radius 1 is 1.10 bits per heavy atom. The van der Waals surface area contributed by atoms with Crippen molar-refractivity contribution in [3.63, 3.8) is 0 Å². The molecular formula is C16H29N3Si2. The summed E-state index contributed by atoms with van der Waals surface area (Å²) in [7, 11) is -2.72. The second kappa shape index (κ2) is 5.68. The van der Waals surface area contributed by atoms with Gasteiger partial charge in [0.05, 0.1) is 27.0 Å². The normalized spacial score (nSPS) is 26.1. The summed E-state index contributed by atoms with van der Waals surface area (Å²) in [6.45, 7) is 15.4. The first kappa shape index (κ1) is 16.4. The number of nitrogens with one attached hydrogen (secondary N) is 1. The van der Waals surface area contributed by atoms with Crippen molar-refractivity contribution in [1.82, 2.24) is 0 Å². The highest BCUT2D eigenvalue weighted by Gasteiger charge is 2.50. The van der Waals surface area contributed by atoms with Crippen molar-refractivity contribution in [1.29, 1.82) is 0 Å². The van der Waals surface area contributed by atoms with Crippen molar-refractivity contribution in [2.75, 3.05) is 11.9 Å². The Kier molecular flexibility index (Phi) is 4.45. The molecule has 21 heavy (non-hydrogen) atoms. The van der Waals surface area contributed by atoms with E-state index in [1.165, 1.54) is 5.69 Å². The summed E-state index contributed by atoms with van der Waals surface area (Å²) in [6.07, 6.45) is 1.14. The van der Waals surface area contributed by atoms with Crippen LogP contribution in [0.3, 0.4) is 0 Å². The van der Waals surface area contributed by atoms with Gasteiger partial charge < -0.3 is 5.32 Å². The summed E-state index contributed by atoms with van der Waals surface area (Å²) in [5.41, 5.74) is 1.66. The minimum atomic E-state index is -1.45. The third-order valence-electron chi connectivity index (χ3n) is 4.67. The Morgan fingerprint density at radius 2 is 1.71 bits per heavy atom. The van der Waals surface area contributed by atoms with E-state index in [2.05, 4.69) is 74.9 Å². The molecule has 0 aromatic heterocycles. The summed E-state index contributed by atoms with van der Waals surface area (Å²) >= 11 is 0. The first-order chi connectivity index (χ1) is 9.64. The molecule has 1 aliphatic heterocycles. The number of nitrogens with zero attached hydrogens (tertiary/aromatic N) is 2. The first-order valence-corrected chi connectivity index (χ1v) is 14.9. The van der Waals surface area contributed by atoms with Crippen molar-refractivity contribution in [3.8, 4) is 0 Å². The number of hydrogen-bond acceptors (Lipinski definition) is 3. The molecule has 5 heteroatoms. The smallest absolute Gasteiger partial charge is 0.0903 e. The highest BCUT2D eigenvalue weighted by atomic mass is 28.3. The molecule has 1 heterocycles. The van der Waals surface area contributed by atoms with Crippen molar-refractivity contribution >= 4 is 21.8 Å². The van der Waals surface area contributed by atoms with Crippen LogP contribution in [0.15, 0.2) is 40.6 Å². The predicted octanol–water partition coefficient (Wildman–Crippen LogP) is 4.82. The van der Waals surface area contributed by atoms with E-state index in [1.54, 1.807) is 0 Å². The molecule has 0 saturated carbocycles. The van der Waals surface area contributed by atoms with Crippen LogP contribution < -0.4 is 5.32 Å². The van der Waals surface area contributed by atoms with Crippen molar-refractivity contribution in [2.45, 2.75) is 56.5 Å². The average molecular weight is 320 g/mol. The van der Waals surface area contributed by atoms with E-state index >= 15 is 0 Å². The van der Waals surface area contributed by atoms with E-state index < -0.39 is 16.1 Å². The highest BCUT2D eigenvalue weighted by molar-refractivity contribution is 6.81. The molecule has 3 nitrogen and oxygen atoms in total. The topological polar surface area (TPSA) is 36.8 Å². The van der Waals surface area contributed by atoms with Gasteiger partial charge in [-0.3, -0.25) is 0 Å². The predicted molar refractivity (Wildman–Crippen MR) is 97.6 cm³/mol. The van der Waals surface area contributed by atoms with Gasteiger partial charge in [0.1, 0.15) is 0 Å². The van der Waals surface area contributed by atoms with Gasteiger partial charge in [-0.2, -0.15) is 10.2 Å². The quantitative estimate of drug-likeness (QED) is 0.776. The van der Waals surface area contributed by atoms with Crippen LogP contribution in [0.1, 0.15) is 6.42 Å². The van der Waals surface area contributed by atoms with E-state index in [1.807, 2.05) is 0 Å². The molecule has 0 amide bonds. The van der Waals surface area contributed by atoms with Gasteiger partial charge in [-0.15, -0.1) is 0 Å². The van der Waals surface area contributed by atoms with E-state index in [-0.39, 0.29) is 5.16 Å². The molecule has 1 aromatic carbocycles. The number of anilines is 1. The first-order valence-electron chi connectivity index (χ1n) is 7.85. The Labute approximate surface area is 131 Å². The lowest BCUT2D eigenvalue weighted by Gasteiger charge is -2.38. The van der Waals surface area contributed by atoms with Crippen LogP contribution in [0.5, 0.6) is 0 Å². The molecule has 0 saturated heterocycles. The summed E-state index contributed by atoms with van der Waals surface area (Å²) < 4.78 is 0. The lowest BCUT2D eigenvalue weighted by atomic mass is 10.2. The summed E-state index contributed by atoms with van der Waals surface area (Å²) in [5, 5.41) is 13.2. The van der Waals surface area contributed by atoms with Crippen molar-refractivity contribution in [2.24, 2.45) is 10.2 Å². The summed E-state index contributed by atoms with van der Waals surface area (Å²) in [6, 6.07) is 10.4. The molecule has 0 spiro atoms. The molecule has 1 aromatic rings. The fourth-order valence-electron chi connectivity index (χ4n) is 2.69.